The number of nitrogens with two attached hydrogens (primary N) is 1. The van der Waals surface area contributed by atoms with Crippen LogP contribution in [-0.2, 0) is 9.59 Å². The van der Waals surface area contributed by atoms with E-state index < -0.39 is 6.04 Å². The molecule has 0 fully saturated rings. The summed E-state index contributed by atoms with van der Waals surface area (Å²) in [5, 5.41) is 2.71. The number of rotatable bonds is 4. The quantitative estimate of drug-likeness (QED) is 0.866. The van der Waals surface area contributed by atoms with Crippen LogP contribution >= 0.6 is 28.3 Å². The van der Waals surface area contributed by atoms with Crippen molar-refractivity contribution in [1.82, 2.24) is 4.90 Å². The number of nitrogens with zero attached hydrogens (tertiary/aromatic N) is 1. The van der Waals surface area contributed by atoms with Gasteiger partial charge in [0.15, 0.2) is 0 Å². The average molecular weight is 351 g/mol. The summed E-state index contributed by atoms with van der Waals surface area (Å²) in [7, 11) is 1.55. The van der Waals surface area contributed by atoms with Crippen LogP contribution < -0.4 is 11.1 Å². The van der Waals surface area contributed by atoms with Gasteiger partial charge in [0.1, 0.15) is 0 Å². The van der Waals surface area contributed by atoms with Crippen molar-refractivity contribution in [3.63, 3.8) is 0 Å². The van der Waals surface area contributed by atoms with E-state index in [4.69, 9.17) is 5.73 Å². The summed E-state index contributed by atoms with van der Waals surface area (Å²) < 4.78 is 0.791. The van der Waals surface area contributed by atoms with Crippen LogP contribution in [0.4, 0.5) is 5.69 Å². The number of para-hydroxylation sites is 1. The van der Waals surface area contributed by atoms with Crippen LogP contribution in [-0.4, -0.2) is 36.3 Å². The molecular weight excluding hydrogens is 334 g/mol. The maximum atomic E-state index is 11.7. The first-order chi connectivity index (χ1) is 8.41. The van der Waals surface area contributed by atoms with Gasteiger partial charge in [-0.2, -0.15) is 0 Å². The summed E-state index contributed by atoms with van der Waals surface area (Å²) in [6.45, 7) is 1.56. The zero-order valence-electron chi connectivity index (χ0n) is 10.7. The monoisotopic (exact) mass is 349 g/mol. The fourth-order valence-corrected chi connectivity index (χ4v) is 1.78. The fraction of sp³-hybridized carbons (Fsp3) is 0.333. The van der Waals surface area contributed by atoms with Crippen molar-refractivity contribution in [2.24, 2.45) is 5.73 Å². The zero-order chi connectivity index (χ0) is 13.7. The van der Waals surface area contributed by atoms with E-state index in [1.54, 1.807) is 20.0 Å². The third-order valence-electron chi connectivity index (χ3n) is 2.29. The van der Waals surface area contributed by atoms with Crippen LogP contribution in [0.5, 0.6) is 0 Å². The number of benzene rings is 1. The minimum absolute atomic E-state index is 0. The van der Waals surface area contributed by atoms with E-state index in [0.717, 1.165) is 4.47 Å². The molecule has 0 aliphatic carbocycles. The number of likely N-dealkylation sites (N-methyl/N-ethyl adjacent to an activating group) is 1. The van der Waals surface area contributed by atoms with Gasteiger partial charge >= 0.3 is 0 Å². The van der Waals surface area contributed by atoms with Crippen LogP contribution in [0.3, 0.4) is 0 Å². The van der Waals surface area contributed by atoms with Crippen molar-refractivity contribution in [1.29, 1.82) is 0 Å². The van der Waals surface area contributed by atoms with E-state index in [1.807, 2.05) is 18.2 Å². The molecule has 7 heteroatoms. The van der Waals surface area contributed by atoms with Crippen LogP contribution in [0, 0.1) is 0 Å². The number of hydrogen-bond donors (Lipinski definition) is 2. The maximum Gasteiger partial charge on any atom is 0.244 e. The van der Waals surface area contributed by atoms with Crippen molar-refractivity contribution in [2.75, 3.05) is 18.9 Å². The molecule has 0 unspecified atom stereocenters. The van der Waals surface area contributed by atoms with Gasteiger partial charge in [0.2, 0.25) is 11.8 Å². The second kappa shape index (κ2) is 8.14. The average Bonchev–Trinajstić information content (AvgIpc) is 2.30. The number of carbonyl (C=O) groups excluding carboxylic acids is 2. The highest BCUT2D eigenvalue weighted by Crippen LogP contribution is 2.20. The molecule has 2 amide bonds. The number of nitrogens with one attached hydrogen (secondary N) is 1. The molecule has 0 radical (unpaired) electrons. The van der Waals surface area contributed by atoms with E-state index in [0.29, 0.717) is 5.69 Å². The lowest BCUT2D eigenvalue weighted by Crippen LogP contribution is -2.43. The second-order valence-corrected chi connectivity index (χ2v) is 4.87. The molecule has 1 aromatic rings. The Morgan fingerprint density at radius 1 is 1.42 bits per heavy atom. The molecule has 3 N–H and O–H groups in total. The lowest BCUT2D eigenvalue weighted by Gasteiger charge is -2.18. The highest BCUT2D eigenvalue weighted by atomic mass is 79.9. The summed E-state index contributed by atoms with van der Waals surface area (Å²) >= 11 is 3.33. The Kier molecular flexibility index (Phi) is 7.66. The lowest BCUT2D eigenvalue weighted by molar-refractivity contribution is -0.134. The predicted octanol–water partition coefficient (Wildman–Crippen LogP) is 1.62. The smallest absolute Gasteiger partial charge is 0.244 e. The number of halogens is 2. The topological polar surface area (TPSA) is 75.4 Å². The SMILES string of the molecule is C[C@@H](N)C(=O)N(C)CC(=O)Nc1ccccc1Br.Cl. The number of amides is 2. The van der Waals surface area contributed by atoms with E-state index in [-0.39, 0.29) is 30.8 Å². The van der Waals surface area contributed by atoms with Gasteiger partial charge in [-0.25, -0.2) is 0 Å². The molecule has 0 aliphatic rings. The molecule has 1 rings (SSSR count). The summed E-state index contributed by atoms with van der Waals surface area (Å²) in [4.78, 5) is 24.5. The van der Waals surface area contributed by atoms with E-state index in [1.165, 1.54) is 4.90 Å². The normalized spacial score (nSPS) is 11.2. The maximum absolute atomic E-state index is 11.7. The molecule has 0 saturated carbocycles. The first kappa shape index (κ1) is 17.9. The summed E-state index contributed by atoms with van der Waals surface area (Å²) in [6, 6.07) is 6.66. The van der Waals surface area contributed by atoms with Gasteiger partial charge in [0.25, 0.3) is 0 Å². The van der Waals surface area contributed by atoms with Crippen LogP contribution in [0.15, 0.2) is 28.7 Å². The molecule has 0 saturated heterocycles. The van der Waals surface area contributed by atoms with E-state index in [9.17, 15) is 9.59 Å². The molecule has 0 bridgehead atoms. The van der Waals surface area contributed by atoms with Gasteiger partial charge in [-0.05, 0) is 35.0 Å². The van der Waals surface area contributed by atoms with Gasteiger partial charge in [-0.1, -0.05) is 12.1 Å². The molecule has 19 heavy (non-hydrogen) atoms. The molecule has 0 heterocycles. The van der Waals surface area contributed by atoms with Crippen molar-refractivity contribution in [3.8, 4) is 0 Å². The summed E-state index contributed by atoms with van der Waals surface area (Å²) in [6.07, 6.45) is 0. The van der Waals surface area contributed by atoms with Crippen molar-refractivity contribution >= 4 is 45.8 Å². The molecule has 0 spiro atoms. The number of carbonyl (C=O) groups is 2. The molecule has 0 aliphatic heterocycles. The Bertz CT molecular complexity index is 454. The summed E-state index contributed by atoms with van der Waals surface area (Å²) in [5.74, 6) is -0.532. The Morgan fingerprint density at radius 3 is 2.53 bits per heavy atom. The Balaban J connectivity index is 0.00000324. The zero-order valence-corrected chi connectivity index (χ0v) is 13.1. The summed E-state index contributed by atoms with van der Waals surface area (Å²) in [5.41, 5.74) is 6.13. The highest BCUT2D eigenvalue weighted by molar-refractivity contribution is 9.10. The lowest BCUT2D eigenvalue weighted by atomic mass is 10.3. The van der Waals surface area contributed by atoms with Crippen LogP contribution in [0.25, 0.3) is 0 Å². The third kappa shape index (κ3) is 5.59. The number of anilines is 1. The molecule has 0 aromatic heterocycles. The van der Waals surface area contributed by atoms with Crippen molar-refractivity contribution in [2.45, 2.75) is 13.0 Å². The van der Waals surface area contributed by atoms with E-state index in [2.05, 4.69) is 21.2 Å². The van der Waals surface area contributed by atoms with Gasteiger partial charge in [0, 0.05) is 11.5 Å². The molecule has 5 nitrogen and oxygen atoms in total. The van der Waals surface area contributed by atoms with Crippen molar-refractivity contribution in [3.05, 3.63) is 28.7 Å². The van der Waals surface area contributed by atoms with Crippen LogP contribution in [0.1, 0.15) is 6.92 Å². The first-order valence-electron chi connectivity index (χ1n) is 5.46. The third-order valence-corrected chi connectivity index (χ3v) is 2.99. The second-order valence-electron chi connectivity index (χ2n) is 4.01. The first-order valence-corrected chi connectivity index (χ1v) is 6.26. The predicted molar refractivity (Wildman–Crippen MR) is 81.3 cm³/mol. The molecule has 106 valence electrons. The minimum Gasteiger partial charge on any atom is -0.335 e. The number of hydrogen-bond acceptors (Lipinski definition) is 3. The van der Waals surface area contributed by atoms with Gasteiger partial charge in [-0.3, -0.25) is 9.59 Å². The Morgan fingerprint density at radius 2 is 2.00 bits per heavy atom. The standard InChI is InChI=1S/C12H16BrN3O2.ClH/c1-8(14)12(18)16(2)7-11(17)15-10-6-4-3-5-9(10)13;/h3-6,8H,7,14H2,1-2H3,(H,15,17);1H/t8-;/m1./s1. The fourth-order valence-electron chi connectivity index (χ4n) is 1.39. The van der Waals surface area contributed by atoms with Gasteiger partial charge in [-0.15, -0.1) is 12.4 Å². The minimum atomic E-state index is -0.605. The Labute approximate surface area is 127 Å². The van der Waals surface area contributed by atoms with Gasteiger partial charge in [0.05, 0.1) is 18.3 Å². The molecule has 1 aromatic carbocycles. The molecule has 1 atom stereocenters. The van der Waals surface area contributed by atoms with Crippen LogP contribution in [0.2, 0.25) is 0 Å². The van der Waals surface area contributed by atoms with Crippen molar-refractivity contribution < 1.29 is 9.59 Å². The largest absolute Gasteiger partial charge is 0.335 e. The Hall–Kier alpha value is -1.11. The van der Waals surface area contributed by atoms with Gasteiger partial charge < -0.3 is 16.0 Å². The van der Waals surface area contributed by atoms with E-state index >= 15 is 0 Å². The molecular formula is C12H17BrClN3O2. The highest BCUT2D eigenvalue weighted by Gasteiger charge is 2.16.